The van der Waals surface area contributed by atoms with Crippen LogP contribution in [-0.4, -0.2) is 36.6 Å². The predicted molar refractivity (Wildman–Crippen MR) is 107 cm³/mol. The van der Waals surface area contributed by atoms with Gasteiger partial charge >= 0.3 is 0 Å². The van der Waals surface area contributed by atoms with Gasteiger partial charge in [0.15, 0.2) is 0 Å². The number of benzene rings is 1. The zero-order chi connectivity index (χ0) is 19.1. The van der Waals surface area contributed by atoms with Gasteiger partial charge in [0.1, 0.15) is 16.1 Å². The molecule has 0 aliphatic carbocycles. The van der Waals surface area contributed by atoms with Crippen molar-refractivity contribution in [3.8, 4) is 0 Å². The van der Waals surface area contributed by atoms with Crippen LogP contribution in [0, 0.1) is 0 Å². The van der Waals surface area contributed by atoms with Crippen LogP contribution in [0.1, 0.15) is 22.0 Å². The highest BCUT2D eigenvalue weighted by molar-refractivity contribution is 7.23. The monoisotopic (exact) mass is 423 g/mol. The molecule has 0 fully saturated rings. The number of aromatic nitrogens is 1. The third-order valence-corrected chi connectivity index (χ3v) is 6.49. The standard InChI is InChI=1S/C18H15Cl2N3O3S/c1-26-7-9-8-4-2-3-5-10(8)22-18(25)14(9)23-17(24)11-6-12-15(21-11)13(19)16(20)27-12/h2-6,9,14,21H,7H2,1H3,(H,22,25)(H,23,24)/t9-,14+/m0/s1. The predicted octanol–water partition coefficient (Wildman–Crippen LogP) is 4.02. The molecule has 9 heteroatoms. The average Bonchev–Trinajstić information content (AvgIpc) is 3.17. The molecule has 0 spiro atoms. The molecule has 140 valence electrons. The Hall–Kier alpha value is -2.06. The quantitative estimate of drug-likeness (QED) is 0.592. The largest absolute Gasteiger partial charge is 0.384 e. The number of rotatable bonds is 4. The highest BCUT2D eigenvalue weighted by Crippen LogP contribution is 2.39. The lowest BCUT2D eigenvalue weighted by Gasteiger charge is -2.33. The van der Waals surface area contributed by atoms with Crippen LogP contribution in [0.3, 0.4) is 0 Å². The van der Waals surface area contributed by atoms with E-state index in [1.807, 2.05) is 24.3 Å². The van der Waals surface area contributed by atoms with E-state index in [0.29, 0.717) is 27.2 Å². The van der Waals surface area contributed by atoms with Gasteiger partial charge in [0, 0.05) is 18.7 Å². The summed E-state index contributed by atoms with van der Waals surface area (Å²) < 4.78 is 6.54. The molecule has 0 saturated heterocycles. The van der Waals surface area contributed by atoms with Gasteiger partial charge in [-0.1, -0.05) is 41.4 Å². The molecule has 2 amide bonds. The van der Waals surface area contributed by atoms with Crippen molar-refractivity contribution >= 4 is 62.3 Å². The van der Waals surface area contributed by atoms with Crippen molar-refractivity contribution in [3.63, 3.8) is 0 Å². The number of thiophene rings is 1. The molecule has 1 aliphatic heterocycles. The van der Waals surface area contributed by atoms with Crippen LogP contribution in [0.5, 0.6) is 0 Å². The Morgan fingerprint density at radius 2 is 2.11 bits per heavy atom. The van der Waals surface area contributed by atoms with Crippen LogP contribution in [0.2, 0.25) is 9.36 Å². The molecule has 1 aliphatic rings. The number of halogens is 2. The Morgan fingerprint density at radius 3 is 2.85 bits per heavy atom. The molecule has 3 aromatic rings. The van der Waals surface area contributed by atoms with Gasteiger partial charge in [0.2, 0.25) is 5.91 Å². The first-order chi connectivity index (χ1) is 13.0. The average molecular weight is 424 g/mol. The zero-order valence-electron chi connectivity index (χ0n) is 14.1. The minimum atomic E-state index is -0.757. The number of carbonyl (C=O) groups is 2. The highest BCUT2D eigenvalue weighted by Gasteiger charge is 2.37. The summed E-state index contributed by atoms with van der Waals surface area (Å²) in [5.74, 6) is -0.970. The fourth-order valence-electron chi connectivity index (χ4n) is 3.30. The minimum absolute atomic E-state index is 0.279. The molecule has 3 heterocycles. The van der Waals surface area contributed by atoms with Crippen molar-refractivity contribution in [2.24, 2.45) is 0 Å². The molecule has 1 aromatic carbocycles. The summed E-state index contributed by atoms with van der Waals surface area (Å²) >= 11 is 13.4. The Balaban J connectivity index is 1.63. The smallest absolute Gasteiger partial charge is 0.268 e. The van der Waals surface area contributed by atoms with Gasteiger partial charge in [0.05, 0.1) is 21.8 Å². The molecule has 27 heavy (non-hydrogen) atoms. The molecular weight excluding hydrogens is 409 g/mol. The molecule has 3 N–H and O–H groups in total. The van der Waals surface area contributed by atoms with Crippen molar-refractivity contribution in [3.05, 3.63) is 50.9 Å². The Labute approximate surface area is 168 Å². The van der Waals surface area contributed by atoms with Crippen LogP contribution in [0.4, 0.5) is 5.69 Å². The molecule has 2 atom stereocenters. The van der Waals surface area contributed by atoms with Crippen LogP contribution in [0.25, 0.3) is 10.2 Å². The summed E-state index contributed by atoms with van der Waals surface area (Å²) in [7, 11) is 1.57. The van der Waals surface area contributed by atoms with Crippen molar-refractivity contribution in [1.82, 2.24) is 10.3 Å². The number of nitrogens with one attached hydrogen (secondary N) is 3. The summed E-state index contributed by atoms with van der Waals surface area (Å²) in [6.07, 6.45) is 0. The van der Waals surface area contributed by atoms with E-state index in [0.717, 1.165) is 16.0 Å². The van der Waals surface area contributed by atoms with Gasteiger partial charge in [0.25, 0.3) is 5.91 Å². The lowest BCUT2D eigenvalue weighted by atomic mass is 9.87. The van der Waals surface area contributed by atoms with E-state index >= 15 is 0 Å². The summed E-state index contributed by atoms with van der Waals surface area (Å²) in [6, 6.07) is 8.41. The third-order valence-electron chi connectivity index (χ3n) is 4.55. The first-order valence-corrected chi connectivity index (χ1v) is 9.73. The Bertz CT molecular complexity index is 1050. The number of anilines is 1. The van der Waals surface area contributed by atoms with Gasteiger partial charge in [-0.2, -0.15) is 0 Å². The number of fused-ring (bicyclic) bond motifs is 2. The van der Waals surface area contributed by atoms with Crippen molar-refractivity contribution in [2.75, 3.05) is 19.0 Å². The van der Waals surface area contributed by atoms with E-state index in [2.05, 4.69) is 15.6 Å². The van der Waals surface area contributed by atoms with Gasteiger partial charge in [-0.3, -0.25) is 9.59 Å². The minimum Gasteiger partial charge on any atom is -0.384 e. The maximum atomic E-state index is 12.7. The fraction of sp³-hybridized carbons (Fsp3) is 0.222. The molecular formula is C18H15Cl2N3O3S. The summed E-state index contributed by atoms with van der Waals surface area (Å²) in [6.45, 7) is 0.302. The van der Waals surface area contributed by atoms with Crippen LogP contribution < -0.4 is 10.6 Å². The SMILES string of the molecule is COC[C@H]1c2ccccc2NC(=O)[C@@H]1NC(=O)c1cc2sc(Cl)c(Cl)c2[nH]1. The molecule has 6 nitrogen and oxygen atoms in total. The first-order valence-electron chi connectivity index (χ1n) is 8.15. The molecule has 4 rings (SSSR count). The van der Waals surface area contributed by atoms with E-state index in [1.165, 1.54) is 11.3 Å². The molecule has 0 bridgehead atoms. The molecule has 0 unspecified atom stereocenters. The number of H-pyrrole nitrogens is 1. The number of hydrogen-bond acceptors (Lipinski definition) is 4. The number of aromatic amines is 1. The van der Waals surface area contributed by atoms with Crippen molar-refractivity contribution in [1.29, 1.82) is 0 Å². The highest BCUT2D eigenvalue weighted by atomic mass is 35.5. The summed E-state index contributed by atoms with van der Waals surface area (Å²) in [5, 5.41) is 6.04. The second-order valence-electron chi connectivity index (χ2n) is 6.20. The maximum absolute atomic E-state index is 12.7. The van der Waals surface area contributed by atoms with Gasteiger partial charge in [-0.25, -0.2) is 0 Å². The summed E-state index contributed by atoms with van der Waals surface area (Å²) in [5.41, 5.74) is 2.59. The topological polar surface area (TPSA) is 83.2 Å². The number of para-hydroxylation sites is 1. The fourth-order valence-corrected chi connectivity index (χ4v) is 4.78. The van der Waals surface area contributed by atoms with Gasteiger partial charge in [-0.15, -0.1) is 11.3 Å². The molecule has 0 radical (unpaired) electrons. The summed E-state index contributed by atoms with van der Waals surface area (Å²) in [4.78, 5) is 28.3. The second kappa shape index (κ2) is 7.16. The van der Waals surface area contributed by atoms with Gasteiger partial charge in [-0.05, 0) is 17.7 Å². The molecule has 2 aromatic heterocycles. The van der Waals surface area contributed by atoms with Crippen molar-refractivity contribution < 1.29 is 14.3 Å². The third kappa shape index (κ3) is 3.21. The second-order valence-corrected chi connectivity index (χ2v) is 8.23. The van der Waals surface area contributed by atoms with Crippen LogP contribution >= 0.6 is 34.5 Å². The Morgan fingerprint density at radius 1 is 1.33 bits per heavy atom. The number of ether oxygens (including phenoxy) is 1. The van der Waals surface area contributed by atoms with E-state index in [9.17, 15) is 9.59 Å². The Kier molecular flexibility index (Phi) is 4.86. The van der Waals surface area contributed by atoms with Crippen LogP contribution in [-0.2, 0) is 9.53 Å². The first kappa shape index (κ1) is 18.3. The normalized spacial score (nSPS) is 19.0. The van der Waals surface area contributed by atoms with Crippen LogP contribution in [0.15, 0.2) is 30.3 Å². The number of carbonyl (C=O) groups excluding carboxylic acids is 2. The maximum Gasteiger partial charge on any atom is 0.268 e. The van der Waals surface area contributed by atoms with E-state index in [1.54, 1.807) is 13.2 Å². The lowest BCUT2D eigenvalue weighted by molar-refractivity contribution is -0.119. The molecule has 0 saturated carbocycles. The van der Waals surface area contributed by atoms with E-state index in [4.69, 9.17) is 27.9 Å². The number of methoxy groups -OCH3 is 1. The van der Waals surface area contributed by atoms with E-state index in [-0.39, 0.29) is 11.8 Å². The van der Waals surface area contributed by atoms with Crippen molar-refractivity contribution in [2.45, 2.75) is 12.0 Å². The lowest BCUT2D eigenvalue weighted by Crippen LogP contribution is -2.51. The zero-order valence-corrected chi connectivity index (χ0v) is 16.5. The van der Waals surface area contributed by atoms with Gasteiger partial charge < -0.3 is 20.4 Å². The number of hydrogen-bond donors (Lipinski definition) is 3. The van der Waals surface area contributed by atoms with E-state index < -0.39 is 11.9 Å². The number of amides is 2.